The molecule has 10 N–H and O–H groups in total. The predicted molar refractivity (Wildman–Crippen MR) is 143 cm³/mol. The number of carboxylic acid groups (broad SMARTS) is 1. The fourth-order valence-electron chi connectivity index (χ4n) is 4.00. The summed E-state index contributed by atoms with van der Waals surface area (Å²) in [6, 6.07) is 2.80. The number of hydrogen-bond acceptors (Lipinski definition) is 7. The van der Waals surface area contributed by atoms with Crippen LogP contribution in [-0.2, 0) is 25.6 Å². The lowest BCUT2D eigenvalue weighted by molar-refractivity contribution is -0.142. The van der Waals surface area contributed by atoms with Gasteiger partial charge in [0, 0.05) is 23.5 Å². The van der Waals surface area contributed by atoms with Crippen molar-refractivity contribution < 1.29 is 29.4 Å². The fraction of sp³-hybridized carbons (Fsp3) is 0.538. The van der Waals surface area contributed by atoms with Crippen LogP contribution in [0.15, 0.2) is 30.5 Å². The molecule has 12 nitrogen and oxygen atoms in total. The van der Waals surface area contributed by atoms with Crippen molar-refractivity contribution in [2.24, 2.45) is 17.4 Å². The second kappa shape index (κ2) is 15.1. The molecule has 0 radical (unpaired) electrons. The van der Waals surface area contributed by atoms with Gasteiger partial charge in [0.2, 0.25) is 17.7 Å². The Morgan fingerprint density at radius 3 is 2.24 bits per heavy atom. The minimum Gasteiger partial charge on any atom is -0.480 e. The summed E-state index contributed by atoms with van der Waals surface area (Å²) in [6.45, 7) is 3.36. The highest BCUT2D eigenvalue weighted by molar-refractivity contribution is 5.94. The van der Waals surface area contributed by atoms with E-state index in [1.54, 1.807) is 6.20 Å². The number of amides is 3. The molecule has 2 rings (SSSR count). The Morgan fingerprint density at radius 2 is 1.61 bits per heavy atom. The van der Waals surface area contributed by atoms with Crippen LogP contribution >= 0.6 is 0 Å². The molecule has 1 aromatic carbocycles. The minimum absolute atomic E-state index is 0.0115. The Kier molecular flexibility index (Phi) is 12.2. The first kappa shape index (κ1) is 30.7. The van der Waals surface area contributed by atoms with E-state index in [0.29, 0.717) is 31.4 Å². The summed E-state index contributed by atoms with van der Waals surface area (Å²) in [6.07, 6.45) is 3.75. The van der Waals surface area contributed by atoms with Crippen LogP contribution in [0.2, 0.25) is 0 Å². The number of carboxylic acids is 1. The highest BCUT2D eigenvalue weighted by atomic mass is 16.4. The van der Waals surface area contributed by atoms with Crippen molar-refractivity contribution in [3.8, 4) is 0 Å². The summed E-state index contributed by atoms with van der Waals surface area (Å²) < 4.78 is 0. The number of aromatic nitrogens is 1. The number of carbonyl (C=O) groups excluding carboxylic acids is 3. The topological polar surface area (TPSA) is 213 Å². The quantitative estimate of drug-likeness (QED) is 0.135. The monoisotopic (exact) mass is 532 g/mol. The molecule has 12 heteroatoms. The number of nitrogens with two attached hydrogens (primary N) is 2. The van der Waals surface area contributed by atoms with Crippen LogP contribution in [0.5, 0.6) is 0 Å². The molecule has 0 aliphatic carbocycles. The lowest BCUT2D eigenvalue weighted by Gasteiger charge is -2.25. The molecule has 0 spiro atoms. The second-order valence-electron chi connectivity index (χ2n) is 9.46. The molecule has 1 heterocycles. The van der Waals surface area contributed by atoms with Gasteiger partial charge in [0.05, 0.1) is 12.6 Å². The molecule has 38 heavy (non-hydrogen) atoms. The highest BCUT2D eigenvalue weighted by Gasteiger charge is 2.31. The van der Waals surface area contributed by atoms with Crippen LogP contribution in [-0.4, -0.2) is 76.2 Å². The number of rotatable bonds is 16. The molecule has 5 atom stereocenters. The Balaban J connectivity index is 2.09. The number of nitrogens with one attached hydrogen (secondary N) is 4. The van der Waals surface area contributed by atoms with Crippen LogP contribution in [0, 0.1) is 5.92 Å². The molecular formula is C26H40N6O6. The maximum atomic E-state index is 13.0. The van der Waals surface area contributed by atoms with Crippen molar-refractivity contribution in [3.63, 3.8) is 0 Å². The number of aromatic amines is 1. The zero-order valence-corrected chi connectivity index (χ0v) is 21.9. The number of carbonyl (C=O) groups is 4. The number of para-hydroxylation sites is 1. The Hall–Kier alpha value is -3.48. The van der Waals surface area contributed by atoms with Gasteiger partial charge in [0.15, 0.2) is 0 Å². The molecule has 2 aromatic rings. The molecule has 0 fully saturated rings. The van der Waals surface area contributed by atoms with Crippen molar-refractivity contribution in [3.05, 3.63) is 36.0 Å². The van der Waals surface area contributed by atoms with Gasteiger partial charge in [-0.3, -0.25) is 14.4 Å². The van der Waals surface area contributed by atoms with E-state index in [1.807, 2.05) is 38.1 Å². The first-order valence-corrected chi connectivity index (χ1v) is 12.9. The van der Waals surface area contributed by atoms with Crippen molar-refractivity contribution in [1.82, 2.24) is 20.9 Å². The number of hydrogen-bond donors (Lipinski definition) is 8. The summed E-state index contributed by atoms with van der Waals surface area (Å²) in [5.41, 5.74) is 13.1. The van der Waals surface area contributed by atoms with Gasteiger partial charge in [-0.25, -0.2) is 4.79 Å². The minimum atomic E-state index is -1.43. The average molecular weight is 533 g/mol. The molecule has 0 bridgehead atoms. The molecular weight excluding hydrogens is 492 g/mol. The first-order valence-electron chi connectivity index (χ1n) is 12.9. The van der Waals surface area contributed by atoms with Crippen LogP contribution in [0.4, 0.5) is 0 Å². The van der Waals surface area contributed by atoms with Crippen LogP contribution in [0.1, 0.15) is 45.1 Å². The largest absolute Gasteiger partial charge is 0.480 e. The molecule has 0 aliphatic heterocycles. The van der Waals surface area contributed by atoms with Crippen LogP contribution < -0.4 is 27.4 Å². The van der Waals surface area contributed by atoms with E-state index in [0.717, 1.165) is 10.9 Å². The fourth-order valence-corrected chi connectivity index (χ4v) is 4.00. The van der Waals surface area contributed by atoms with E-state index in [1.165, 1.54) is 0 Å². The van der Waals surface area contributed by atoms with Gasteiger partial charge in [-0.2, -0.15) is 0 Å². The number of benzene rings is 1. The molecule has 0 aliphatic rings. The number of H-pyrrole nitrogens is 1. The van der Waals surface area contributed by atoms with Gasteiger partial charge in [0.1, 0.15) is 18.1 Å². The van der Waals surface area contributed by atoms with Gasteiger partial charge in [-0.05, 0) is 43.4 Å². The number of aliphatic hydroxyl groups excluding tert-OH is 1. The lowest BCUT2D eigenvalue weighted by Crippen LogP contribution is -2.58. The maximum Gasteiger partial charge on any atom is 0.326 e. The third-order valence-electron chi connectivity index (χ3n) is 6.67. The van der Waals surface area contributed by atoms with Crippen molar-refractivity contribution >= 4 is 34.6 Å². The van der Waals surface area contributed by atoms with Gasteiger partial charge >= 0.3 is 5.97 Å². The van der Waals surface area contributed by atoms with Crippen molar-refractivity contribution in [2.45, 2.75) is 70.1 Å². The summed E-state index contributed by atoms with van der Waals surface area (Å²) in [5.74, 6) is -3.43. The number of fused-ring (bicyclic) bond motifs is 1. The van der Waals surface area contributed by atoms with Gasteiger partial charge in [-0.15, -0.1) is 0 Å². The summed E-state index contributed by atoms with van der Waals surface area (Å²) in [4.78, 5) is 53.5. The third-order valence-corrected chi connectivity index (χ3v) is 6.67. The Morgan fingerprint density at radius 1 is 0.974 bits per heavy atom. The zero-order chi connectivity index (χ0) is 28.2. The molecule has 210 valence electrons. The number of aliphatic hydroxyl groups is 1. The second-order valence-corrected chi connectivity index (χ2v) is 9.46. The number of unbranched alkanes of at least 4 members (excludes halogenated alkanes) is 1. The van der Waals surface area contributed by atoms with E-state index in [4.69, 9.17) is 11.5 Å². The molecule has 5 unspecified atom stereocenters. The highest BCUT2D eigenvalue weighted by Crippen LogP contribution is 2.19. The summed E-state index contributed by atoms with van der Waals surface area (Å²) in [7, 11) is 0. The van der Waals surface area contributed by atoms with E-state index in [9.17, 15) is 29.4 Å². The van der Waals surface area contributed by atoms with E-state index < -0.39 is 54.5 Å². The molecule has 0 saturated carbocycles. The molecule has 3 amide bonds. The lowest BCUT2D eigenvalue weighted by atomic mass is 9.98. The third kappa shape index (κ3) is 8.54. The predicted octanol–water partition coefficient (Wildman–Crippen LogP) is -0.256. The average Bonchev–Trinajstić information content (AvgIpc) is 3.32. The van der Waals surface area contributed by atoms with E-state index in [2.05, 4.69) is 20.9 Å². The smallest absolute Gasteiger partial charge is 0.326 e. The van der Waals surface area contributed by atoms with Gasteiger partial charge in [-0.1, -0.05) is 38.5 Å². The summed E-state index contributed by atoms with van der Waals surface area (Å²) >= 11 is 0. The SMILES string of the molecule is CCC(C)C(N)C(=O)NC(CCCCN)C(=O)NC(CO)C(=O)NC(Cc1c[nH]c2ccccc12)C(=O)O. The van der Waals surface area contributed by atoms with Crippen LogP contribution in [0.3, 0.4) is 0 Å². The zero-order valence-electron chi connectivity index (χ0n) is 21.9. The van der Waals surface area contributed by atoms with Crippen LogP contribution in [0.25, 0.3) is 10.9 Å². The van der Waals surface area contributed by atoms with Crippen molar-refractivity contribution in [2.75, 3.05) is 13.2 Å². The summed E-state index contributed by atoms with van der Waals surface area (Å²) in [5, 5.41) is 27.8. The van der Waals surface area contributed by atoms with Gasteiger partial charge < -0.3 is 42.6 Å². The van der Waals surface area contributed by atoms with E-state index >= 15 is 0 Å². The van der Waals surface area contributed by atoms with Crippen molar-refractivity contribution in [1.29, 1.82) is 0 Å². The van der Waals surface area contributed by atoms with Gasteiger partial charge in [0.25, 0.3) is 0 Å². The first-order chi connectivity index (χ1) is 18.1. The maximum absolute atomic E-state index is 13.0. The standard InChI is InChI=1S/C26H40N6O6/c1-3-15(2)22(28)25(36)30-19(10-6-7-11-27)23(34)32-21(14-33)24(35)31-20(26(37)38)12-16-13-29-18-9-5-4-8-17(16)18/h4-5,8-9,13,15,19-22,29,33H,3,6-7,10-12,14,27-28H2,1-2H3,(H,30,36)(H,31,35)(H,32,34)(H,37,38). The molecule has 1 aromatic heterocycles. The number of aliphatic carboxylic acids is 1. The Bertz CT molecular complexity index is 1090. The normalized spacial score (nSPS) is 15.2. The van der Waals surface area contributed by atoms with E-state index in [-0.39, 0.29) is 18.8 Å². The Labute approximate surface area is 221 Å². The molecule has 0 saturated heterocycles.